The lowest BCUT2D eigenvalue weighted by Gasteiger charge is -2.15. The Labute approximate surface area is 119 Å². The van der Waals surface area contributed by atoms with Crippen LogP contribution in [0.3, 0.4) is 0 Å². The first-order valence-electron chi connectivity index (χ1n) is 7.00. The van der Waals surface area contributed by atoms with Crippen LogP contribution in [-0.4, -0.2) is 36.4 Å². The van der Waals surface area contributed by atoms with E-state index in [0.717, 1.165) is 24.1 Å². The standard InChI is InChI=1S/C17H19NO2/c1-12(19)16-10-14(11-18(16)2)20-17-9-5-7-13-6-3-4-8-15(13)17/h3-9,14,16H,10-11H2,1-2H3. The Bertz CT molecular complexity index is 632. The highest BCUT2D eigenvalue weighted by molar-refractivity contribution is 5.88. The Kier molecular flexibility index (Phi) is 3.45. The predicted octanol–water partition coefficient (Wildman–Crippen LogP) is 2.88. The number of ether oxygens (including phenoxy) is 1. The fourth-order valence-corrected chi connectivity index (χ4v) is 2.99. The number of hydrogen-bond acceptors (Lipinski definition) is 3. The summed E-state index contributed by atoms with van der Waals surface area (Å²) in [6.07, 6.45) is 0.856. The van der Waals surface area contributed by atoms with Gasteiger partial charge < -0.3 is 4.74 Å². The number of carbonyl (C=O) groups excluding carboxylic acids is 1. The summed E-state index contributed by atoms with van der Waals surface area (Å²) in [5.41, 5.74) is 0. The number of likely N-dealkylation sites (N-methyl/N-ethyl adjacent to an activating group) is 1. The zero-order valence-electron chi connectivity index (χ0n) is 11.9. The van der Waals surface area contributed by atoms with Crippen LogP contribution in [0.2, 0.25) is 0 Å². The molecule has 20 heavy (non-hydrogen) atoms. The number of carbonyl (C=O) groups is 1. The lowest BCUT2D eigenvalue weighted by Crippen LogP contribution is -2.31. The minimum atomic E-state index is -0.00465. The summed E-state index contributed by atoms with van der Waals surface area (Å²) in [6.45, 7) is 2.45. The van der Waals surface area contributed by atoms with Crippen molar-refractivity contribution in [3.63, 3.8) is 0 Å². The van der Waals surface area contributed by atoms with Crippen LogP contribution < -0.4 is 4.74 Å². The van der Waals surface area contributed by atoms with Gasteiger partial charge in [0.2, 0.25) is 0 Å². The summed E-state index contributed by atoms with van der Waals surface area (Å²) < 4.78 is 6.15. The summed E-state index contributed by atoms with van der Waals surface area (Å²) in [4.78, 5) is 13.7. The number of benzene rings is 2. The Morgan fingerprint density at radius 1 is 1.20 bits per heavy atom. The fraction of sp³-hybridized carbons (Fsp3) is 0.353. The molecule has 1 aliphatic rings. The van der Waals surface area contributed by atoms with Crippen molar-refractivity contribution in [3.8, 4) is 5.75 Å². The lowest BCUT2D eigenvalue weighted by atomic mass is 10.1. The van der Waals surface area contributed by atoms with Crippen molar-refractivity contribution in [3.05, 3.63) is 42.5 Å². The van der Waals surface area contributed by atoms with Gasteiger partial charge in [-0.3, -0.25) is 9.69 Å². The quantitative estimate of drug-likeness (QED) is 0.858. The largest absolute Gasteiger partial charge is 0.488 e. The van der Waals surface area contributed by atoms with Gasteiger partial charge in [0.25, 0.3) is 0 Å². The van der Waals surface area contributed by atoms with Gasteiger partial charge in [-0.05, 0) is 25.4 Å². The van der Waals surface area contributed by atoms with Gasteiger partial charge in [-0.25, -0.2) is 0 Å². The highest BCUT2D eigenvalue weighted by Crippen LogP contribution is 2.29. The van der Waals surface area contributed by atoms with E-state index >= 15 is 0 Å². The molecule has 0 aliphatic carbocycles. The molecule has 0 radical (unpaired) electrons. The molecule has 1 fully saturated rings. The third-order valence-electron chi connectivity index (χ3n) is 4.02. The molecule has 0 N–H and O–H groups in total. The van der Waals surface area contributed by atoms with Crippen LogP contribution >= 0.6 is 0 Å². The molecule has 3 nitrogen and oxygen atoms in total. The molecule has 3 heteroatoms. The first kappa shape index (κ1) is 13.1. The molecule has 1 aliphatic heterocycles. The lowest BCUT2D eigenvalue weighted by molar-refractivity contribution is -0.120. The average Bonchev–Trinajstić information content (AvgIpc) is 2.80. The number of Topliss-reactive ketones (excluding diaryl/α,β-unsaturated/α-hetero) is 1. The minimum absolute atomic E-state index is 0.00465. The maximum atomic E-state index is 11.6. The van der Waals surface area contributed by atoms with Crippen molar-refractivity contribution >= 4 is 16.6 Å². The number of nitrogens with zero attached hydrogens (tertiary/aromatic N) is 1. The molecule has 104 valence electrons. The van der Waals surface area contributed by atoms with Gasteiger partial charge in [-0.2, -0.15) is 0 Å². The molecule has 0 bridgehead atoms. The number of ketones is 1. The topological polar surface area (TPSA) is 29.5 Å². The van der Waals surface area contributed by atoms with Crippen LogP contribution in [0.25, 0.3) is 10.8 Å². The van der Waals surface area contributed by atoms with Gasteiger partial charge in [0, 0.05) is 18.4 Å². The normalized spacial score (nSPS) is 23.1. The monoisotopic (exact) mass is 269 g/mol. The van der Waals surface area contributed by atoms with Crippen molar-refractivity contribution in [2.45, 2.75) is 25.5 Å². The van der Waals surface area contributed by atoms with E-state index in [0.29, 0.717) is 0 Å². The van der Waals surface area contributed by atoms with E-state index in [9.17, 15) is 4.79 Å². The van der Waals surface area contributed by atoms with Gasteiger partial charge in [0.15, 0.2) is 0 Å². The van der Waals surface area contributed by atoms with Gasteiger partial charge >= 0.3 is 0 Å². The summed E-state index contributed by atoms with van der Waals surface area (Å²) in [5, 5.41) is 2.31. The van der Waals surface area contributed by atoms with Crippen LogP contribution in [0.1, 0.15) is 13.3 Å². The van der Waals surface area contributed by atoms with Crippen molar-refractivity contribution in [2.75, 3.05) is 13.6 Å². The third-order valence-corrected chi connectivity index (χ3v) is 4.02. The first-order valence-corrected chi connectivity index (χ1v) is 7.00. The van der Waals surface area contributed by atoms with Crippen LogP contribution in [0, 0.1) is 0 Å². The molecule has 0 spiro atoms. The van der Waals surface area contributed by atoms with Gasteiger partial charge in [-0.1, -0.05) is 36.4 Å². The first-order chi connectivity index (χ1) is 9.65. The number of rotatable bonds is 3. The molecule has 0 saturated carbocycles. The molecule has 1 saturated heterocycles. The Hall–Kier alpha value is -1.87. The minimum Gasteiger partial charge on any atom is -0.488 e. The molecule has 2 aromatic carbocycles. The Balaban J connectivity index is 1.82. The van der Waals surface area contributed by atoms with Crippen LogP contribution in [0.5, 0.6) is 5.75 Å². The van der Waals surface area contributed by atoms with Gasteiger partial charge in [0.1, 0.15) is 17.6 Å². The predicted molar refractivity (Wildman–Crippen MR) is 80.1 cm³/mol. The van der Waals surface area contributed by atoms with E-state index in [1.54, 1.807) is 6.92 Å². The number of fused-ring (bicyclic) bond motifs is 1. The van der Waals surface area contributed by atoms with E-state index in [2.05, 4.69) is 23.1 Å². The molecule has 2 aromatic rings. The molecule has 0 amide bonds. The molecule has 2 atom stereocenters. The second-order valence-corrected chi connectivity index (χ2v) is 5.52. The van der Waals surface area contributed by atoms with E-state index in [4.69, 9.17) is 4.74 Å². The zero-order chi connectivity index (χ0) is 14.1. The summed E-state index contributed by atoms with van der Waals surface area (Å²) in [7, 11) is 1.98. The smallest absolute Gasteiger partial charge is 0.147 e. The van der Waals surface area contributed by atoms with Crippen molar-refractivity contribution in [2.24, 2.45) is 0 Å². The van der Waals surface area contributed by atoms with Crippen LogP contribution in [0.4, 0.5) is 0 Å². The maximum Gasteiger partial charge on any atom is 0.147 e. The fourth-order valence-electron chi connectivity index (χ4n) is 2.99. The van der Waals surface area contributed by atoms with E-state index < -0.39 is 0 Å². The maximum absolute atomic E-state index is 11.6. The summed E-state index contributed by atoms with van der Waals surface area (Å²) >= 11 is 0. The Morgan fingerprint density at radius 3 is 2.70 bits per heavy atom. The number of likely N-dealkylation sites (tertiary alicyclic amines) is 1. The molecule has 1 heterocycles. The third kappa shape index (κ3) is 2.41. The van der Waals surface area contributed by atoms with Crippen molar-refractivity contribution < 1.29 is 9.53 Å². The second kappa shape index (κ2) is 5.25. The summed E-state index contributed by atoms with van der Waals surface area (Å²) in [5.74, 6) is 1.13. The van der Waals surface area contributed by atoms with Gasteiger partial charge in [0.05, 0.1) is 6.04 Å². The highest BCUT2D eigenvalue weighted by Gasteiger charge is 2.33. The molecule has 3 rings (SSSR count). The molecular weight excluding hydrogens is 250 g/mol. The average molecular weight is 269 g/mol. The van der Waals surface area contributed by atoms with Crippen LogP contribution in [0.15, 0.2) is 42.5 Å². The highest BCUT2D eigenvalue weighted by atomic mass is 16.5. The molecule has 2 unspecified atom stereocenters. The van der Waals surface area contributed by atoms with Crippen molar-refractivity contribution in [1.82, 2.24) is 4.90 Å². The molecular formula is C17H19NO2. The SMILES string of the molecule is CC(=O)C1CC(Oc2cccc3ccccc23)CN1C. The van der Waals surface area contributed by atoms with Gasteiger partial charge in [-0.15, -0.1) is 0 Å². The van der Waals surface area contributed by atoms with E-state index in [-0.39, 0.29) is 17.9 Å². The van der Waals surface area contributed by atoms with Crippen molar-refractivity contribution in [1.29, 1.82) is 0 Å². The zero-order valence-corrected chi connectivity index (χ0v) is 11.9. The van der Waals surface area contributed by atoms with E-state index in [1.807, 2.05) is 31.3 Å². The molecule has 0 aromatic heterocycles. The van der Waals surface area contributed by atoms with Crippen LogP contribution in [-0.2, 0) is 4.79 Å². The summed E-state index contributed by atoms with van der Waals surface area (Å²) in [6, 6.07) is 14.3. The number of hydrogen-bond donors (Lipinski definition) is 0. The van der Waals surface area contributed by atoms with E-state index in [1.165, 1.54) is 5.39 Å². The second-order valence-electron chi connectivity index (χ2n) is 5.52. The Morgan fingerprint density at radius 2 is 1.95 bits per heavy atom.